The molecule has 0 heterocycles. The van der Waals surface area contributed by atoms with E-state index in [1.165, 1.54) is 6.42 Å². The molecule has 6 heteroatoms. The third-order valence-electron chi connectivity index (χ3n) is 4.01. The molecule has 1 fully saturated rings. The summed E-state index contributed by atoms with van der Waals surface area (Å²) in [5.74, 6) is 5.91. The van der Waals surface area contributed by atoms with Crippen LogP contribution in [-0.4, -0.2) is 14.5 Å². The van der Waals surface area contributed by atoms with E-state index in [9.17, 15) is 8.42 Å². The average molecular weight is 297 g/mol. The molecule has 0 bridgehead atoms. The van der Waals surface area contributed by atoms with E-state index in [2.05, 4.69) is 17.1 Å². The highest BCUT2D eigenvalue weighted by atomic mass is 32.2. The summed E-state index contributed by atoms with van der Waals surface area (Å²) < 4.78 is 27.5. The fraction of sp³-hybridized carbons (Fsp3) is 0.571. The number of nitrogen functional groups attached to an aromatic ring is 1. The van der Waals surface area contributed by atoms with Gasteiger partial charge in [0.05, 0.1) is 4.90 Å². The second-order valence-corrected chi connectivity index (χ2v) is 7.14. The van der Waals surface area contributed by atoms with Gasteiger partial charge in [-0.25, -0.2) is 13.1 Å². The van der Waals surface area contributed by atoms with Crippen LogP contribution in [0.1, 0.15) is 39.0 Å². The second-order valence-electron chi connectivity index (χ2n) is 5.43. The van der Waals surface area contributed by atoms with Crippen LogP contribution in [0.15, 0.2) is 29.2 Å². The van der Waals surface area contributed by atoms with E-state index in [1.807, 2.05) is 0 Å². The standard InChI is InChI=1S/C14H23N3O2S/c1-2-11-4-3-5-13(10-11)17-20(18,19)14-8-6-12(16-15)7-9-14/h6-9,11,13,16-17H,2-5,10,15H2,1H3. The van der Waals surface area contributed by atoms with Crippen molar-refractivity contribution in [3.63, 3.8) is 0 Å². The maximum atomic E-state index is 12.3. The fourth-order valence-corrected chi connectivity index (χ4v) is 4.07. The van der Waals surface area contributed by atoms with E-state index < -0.39 is 10.0 Å². The van der Waals surface area contributed by atoms with E-state index in [0.717, 1.165) is 25.7 Å². The number of anilines is 1. The molecule has 0 radical (unpaired) electrons. The Hall–Kier alpha value is -1.11. The molecule has 0 aromatic heterocycles. The Morgan fingerprint density at radius 2 is 1.95 bits per heavy atom. The molecule has 0 saturated heterocycles. The van der Waals surface area contributed by atoms with Crippen LogP contribution in [0.4, 0.5) is 5.69 Å². The molecule has 1 aromatic carbocycles. The monoisotopic (exact) mass is 297 g/mol. The van der Waals surface area contributed by atoms with Crippen molar-refractivity contribution in [3.05, 3.63) is 24.3 Å². The van der Waals surface area contributed by atoms with Gasteiger partial charge in [-0.05, 0) is 43.0 Å². The zero-order valence-corrected chi connectivity index (χ0v) is 12.6. The first-order chi connectivity index (χ1) is 9.55. The van der Waals surface area contributed by atoms with E-state index in [0.29, 0.717) is 11.6 Å². The van der Waals surface area contributed by atoms with Gasteiger partial charge in [-0.2, -0.15) is 0 Å². The number of hydrazine groups is 1. The Morgan fingerprint density at radius 1 is 1.25 bits per heavy atom. The van der Waals surface area contributed by atoms with Crippen molar-refractivity contribution in [2.24, 2.45) is 11.8 Å². The van der Waals surface area contributed by atoms with Crippen LogP contribution in [0.25, 0.3) is 0 Å². The molecule has 4 N–H and O–H groups in total. The molecule has 1 saturated carbocycles. The van der Waals surface area contributed by atoms with E-state index in [4.69, 9.17) is 5.84 Å². The summed E-state index contributed by atoms with van der Waals surface area (Å²) in [6.45, 7) is 2.17. The zero-order valence-electron chi connectivity index (χ0n) is 11.8. The maximum absolute atomic E-state index is 12.3. The smallest absolute Gasteiger partial charge is 0.240 e. The molecule has 1 aliphatic carbocycles. The topological polar surface area (TPSA) is 84.2 Å². The van der Waals surface area contributed by atoms with E-state index >= 15 is 0 Å². The van der Waals surface area contributed by atoms with E-state index in [-0.39, 0.29) is 10.9 Å². The van der Waals surface area contributed by atoms with Gasteiger partial charge < -0.3 is 5.43 Å². The summed E-state index contributed by atoms with van der Waals surface area (Å²) in [7, 11) is -3.44. The maximum Gasteiger partial charge on any atom is 0.240 e. The lowest BCUT2D eigenvalue weighted by Gasteiger charge is -2.28. The third-order valence-corrected chi connectivity index (χ3v) is 5.55. The molecule has 0 aliphatic heterocycles. The van der Waals surface area contributed by atoms with Crippen molar-refractivity contribution in [2.75, 3.05) is 5.43 Å². The Balaban J connectivity index is 2.06. The highest BCUT2D eigenvalue weighted by Crippen LogP contribution is 2.27. The first-order valence-electron chi connectivity index (χ1n) is 7.14. The van der Waals surface area contributed by atoms with Crippen LogP contribution in [0, 0.1) is 5.92 Å². The van der Waals surface area contributed by atoms with Gasteiger partial charge in [-0.3, -0.25) is 5.84 Å². The SMILES string of the molecule is CCC1CCCC(NS(=O)(=O)c2ccc(NN)cc2)C1. The van der Waals surface area contributed by atoms with Crippen LogP contribution in [0.3, 0.4) is 0 Å². The number of hydrogen-bond donors (Lipinski definition) is 3. The Bertz CT molecular complexity index is 528. The largest absolute Gasteiger partial charge is 0.324 e. The second kappa shape index (κ2) is 6.56. The predicted octanol–water partition coefficient (Wildman–Crippen LogP) is 2.22. The molecule has 5 nitrogen and oxygen atoms in total. The number of rotatable bonds is 5. The summed E-state index contributed by atoms with van der Waals surface area (Å²) in [6.07, 6.45) is 5.30. The molecule has 20 heavy (non-hydrogen) atoms. The van der Waals surface area contributed by atoms with Gasteiger partial charge in [0.15, 0.2) is 0 Å². The number of nitrogens with two attached hydrogens (primary N) is 1. The van der Waals surface area contributed by atoms with Gasteiger partial charge in [0, 0.05) is 11.7 Å². The van der Waals surface area contributed by atoms with Crippen molar-refractivity contribution in [1.82, 2.24) is 4.72 Å². The lowest BCUT2D eigenvalue weighted by atomic mass is 9.85. The Labute approximate surface area is 121 Å². The normalized spacial score (nSPS) is 23.5. The van der Waals surface area contributed by atoms with Crippen molar-refractivity contribution < 1.29 is 8.42 Å². The average Bonchev–Trinajstić information content (AvgIpc) is 2.47. The van der Waals surface area contributed by atoms with Crippen molar-refractivity contribution in [2.45, 2.75) is 50.0 Å². The minimum absolute atomic E-state index is 0.0611. The molecular formula is C14H23N3O2S. The summed E-state index contributed by atoms with van der Waals surface area (Å²) >= 11 is 0. The Kier molecular flexibility index (Phi) is 5.01. The molecule has 2 unspecified atom stereocenters. The van der Waals surface area contributed by atoms with Crippen molar-refractivity contribution >= 4 is 15.7 Å². The van der Waals surface area contributed by atoms with Crippen molar-refractivity contribution in [3.8, 4) is 0 Å². The zero-order chi connectivity index (χ0) is 14.6. The van der Waals surface area contributed by atoms with Crippen LogP contribution in [-0.2, 0) is 10.0 Å². The minimum Gasteiger partial charge on any atom is -0.324 e. The summed E-state index contributed by atoms with van der Waals surface area (Å²) in [6, 6.07) is 6.51. The first-order valence-corrected chi connectivity index (χ1v) is 8.62. The van der Waals surface area contributed by atoms with Crippen LogP contribution >= 0.6 is 0 Å². The molecule has 1 aliphatic rings. The van der Waals surface area contributed by atoms with Crippen molar-refractivity contribution in [1.29, 1.82) is 0 Å². The Morgan fingerprint density at radius 3 is 2.55 bits per heavy atom. The van der Waals surface area contributed by atoms with Gasteiger partial charge in [-0.1, -0.05) is 26.2 Å². The lowest BCUT2D eigenvalue weighted by Crippen LogP contribution is -2.38. The molecule has 0 spiro atoms. The van der Waals surface area contributed by atoms with Gasteiger partial charge >= 0.3 is 0 Å². The van der Waals surface area contributed by atoms with Gasteiger partial charge in [0.25, 0.3) is 0 Å². The molecule has 2 rings (SSSR count). The quantitative estimate of drug-likeness (QED) is 0.575. The number of nitrogens with one attached hydrogen (secondary N) is 2. The third kappa shape index (κ3) is 3.71. The molecule has 0 amide bonds. The van der Waals surface area contributed by atoms with Gasteiger partial charge in [-0.15, -0.1) is 0 Å². The first kappa shape index (κ1) is 15.3. The summed E-state index contributed by atoms with van der Waals surface area (Å²) in [5.41, 5.74) is 3.17. The summed E-state index contributed by atoms with van der Waals surface area (Å²) in [4.78, 5) is 0.287. The highest BCUT2D eigenvalue weighted by molar-refractivity contribution is 7.89. The lowest BCUT2D eigenvalue weighted by molar-refractivity contribution is 0.301. The van der Waals surface area contributed by atoms with Crippen LogP contribution in [0.5, 0.6) is 0 Å². The highest BCUT2D eigenvalue weighted by Gasteiger charge is 2.25. The number of benzene rings is 1. The molecule has 2 atom stereocenters. The minimum atomic E-state index is -3.44. The van der Waals surface area contributed by atoms with Crippen LogP contribution in [0.2, 0.25) is 0 Å². The number of hydrogen-bond acceptors (Lipinski definition) is 4. The van der Waals surface area contributed by atoms with Gasteiger partial charge in [0.2, 0.25) is 10.0 Å². The fourth-order valence-electron chi connectivity index (χ4n) is 2.79. The molecular weight excluding hydrogens is 274 g/mol. The van der Waals surface area contributed by atoms with E-state index in [1.54, 1.807) is 24.3 Å². The molecule has 1 aromatic rings. The molecule has 112 valence electrons. The van der Waals surface area contributed by atoms with Gasteiger partial charge in [0.1, 0.15) is 0 Å². The predicted molar refractivity (Wildman–Crippen MR) is 80.6 cm³/mol. The van der Waals surface area contributed by atoms with Crippen LogP contribution < -0.4 is 16.0 Å². The number of sulfonamides is 1. The summed E-state index contributed by atoms with van der Waals surface area (Å²) in [5, 5.41) is 0.